The number of fused-ring (bicyclic) bond motifs is 1. The van der Waals surface area contributed by atoms with Gasteiger partial charge in [0.05, 0.1) is 15.5 Å². The molecule has 7 heteroatoms. The number of halogens is 2. The number of hydrogen-bond acceptors (Lipinski definition) is 3. The third-order valence-electron chi connectivity index (χ3n) is 3.22. The van der Waals surface area contributed by atoms with Gasteiger partial charge in [-0.15, -0.1) is 11.3 Å². The summed E-state index contributed by atoms with van der Waals surface area (Å²) in [5.41, 5.74) is 5.72. The van der Waals surface area contributed by atoms with Gasteiger partial charge in [-0.25, -0.2) is 4.39 Å². The smallest absolute Gasteiger partial charge is 0.265 e. The second-order valence-electron chi connectivity index (χ2n) is 4.78. The highest BCUT2D eigenvalue weighted by Crippen LogP contribution is 2.28. The second-order valence-corrected chi connectivity index (χ2v) is 6.27. The number of rotatable bonds is 3. The van der Waals surface area contributed by atoms with E-state index in [0.717, 1.165) is 0 Å². The number of amides is 2. The molecule has 116 valence electrons. The number of primary amides is 1. The van der Waals surface area contributed by atoms with E-state index in [1.807, 2.05) is 0 Å². The maximum Gasteiger partial charge on any atom is 0.265 e. The van der Waals surface area contributed by atoms with E-state index in [2.05, 4.69) is 5.32 Å². The summed E-state index contributed by atoms with van der Waals surface area (Å²) in [6, 6.07) is 10.6. The number of nitrogens with one attached hydrogen (secondary N) is 1. The van der Waals surface area contributed by atoms with Gasteiger partial charge >= 0.3 is 0 Å². The molecule has 2 amide bonds. The van der Waals surface area contributed by atoms with E-state index in [1.54, 1.807) is 18.2 Å². The van der Waals surface area contributed by atoms with E-state index in [1.165, 1.54) is 35.6 Å². The predicted octanol–water partition coefficient (Wildman–Crippen LogP) is 4.05. The van der Waals surface area contributed by atoms with Crippen molar-refractivity contribution in [3.63, 3.8) is 0 Å². The highest BCUT2D eigenvalue weighted by molar-refractivity contribution is 7.20. The lowest BCUT2D eigenvalue weighted by Crippen LogP contribution is -2.14. The molecule has 3 rings (SSSR count). The van der Waals surface area contributed by atoms with Gasteiger partial charge in [-0.3, -0.25) is 9.59 Å². The minimum Gasteiger partial charge on any atom is -0.366 e. The van der Waals surface area contributed by atoms with Crippen molar-refractivity contribution >= 4 is 50.5 Å². The summed E-state index contributed by atoms with van der Waals surface area (Å²) in [5, 5.41) is 3.25. The molecular formula is C16H10ClFN2O2S. The van der Waals surface area contributed by atoms with E-state index < -0.39 is 11.8 Å². The molecule has 0 radical (unpaired) electrons. The molecule has 0 saturated heterocycles. The van der Waals surface area contributed by atoms with E-state index in [9.17, 15) is 14.0 Å². The third kappa shape index (κ3) is 3.04. The first-order chi connectivity index (χ1) is 11.0. The normalized spacial score (nSPS) is 10.7. The van der Waals surface area contributed by atoms with Crippen LogP contribution in [0.4, 0.5) is 10.1 Å². The van der Waals surface area contributed by atoms with Crippen LogP contribution in [0.15, 0.2) is 42.5 Å². The Labute approximate surface area is 139 Å². The second kappa shape index (κ2) is 5.98. The maximum absolute atomic E-state index is 13.7. The molecule has 3 aromatic rings. The fourth-order valence-corrected chi connectivity index (χ4v) is 3.30. The van der Waals surface area contributed by atoms with E-state index in [4.69, 9.17) is 17.3 Å². The molecule has 1 aromatic heterocycles. The zero-order chi connectivity index (χ0) is 16.6. The molecular weight excluding hydrogens is 339 g/mol. The summed E-state index contributed by atoms with van der Waals surface area (Å²) in [5.74, 6) is -1.46. The van der Waals surface area contributed by atoms with Gasteiger partial charge in [-0.1, -0.05) is 17.7 Å². The highest BCUT2D eigenvalue weighted by atomic mass is 35.5. The summed E-state index contributed by atoms with van der Waals surface area (Å²) in [6.45, 7) is 0. The molecule has 0 fully saturated rings. The van der Waals surface area contributed by atoms with Crippen LogP contribution >= 0.6 is 22.9 Å². The van der Waals surface area contributed by atoms with Crippen LogP contribution in [0.5, 0.6) is 0 Å². The van der Waals surface area contributed by atoms with Gasteiger partial charge in [0.25, 0.3) is 5.91 Å². The number of thiophene rings is 1. The number of hydrogen-bond donors (Lipinski definition) is 2. The predicted molar refractivity (Wildman–Crippen MR) is 89.7 cm³/mol. The van der Waals surface area contributed by atoms with Crippen LogP contribution in [-0.2, 0) is 0 Å². The first-order valence-electron chi connectivity index (χ1n) is 6.54. The van der Waals surface area contributed by atoms with Gasteiger partial charge in [0.2, 0.25) is 5.91 Å². The van der Waals surface area contributed by atoms with Crippen LogP contribution in [0.3, 0.4) is 0 Å². The van der Waals surface area contributed by atoms with Gasteiger partial charge < -0.3 is 11.1 Å². The number of carbonyl (C=O) groups is 2. The molecule has 0 saturated carbocycles. The lowest BCUT2D eigenvalue weighted by atomic mass is 10.2. The minimum atomic E-state index is -0.685. The van der Waals surface area contributed by atoms with Crippen molar-refractivity contribution < 1.29 is 14.0 Å². The SMILES string of the molecule is NC(=O)c1cc(NC(=O)c2cc3c(F)cccc3s2)ccc1Cl. The molecule has 4 nitrogen and oxygen atoms in total. The first kappa shape index (κ1) is 15.5. The third-order valence-corrected chi connectivity index (χ3v) is 4.65. The van der Waals surface area contributed by atoms with Crippen LogP contribution < -0.4 is 11.1 Å². The summed E-state index contributed by atoms with van der Waals surface area (Å²) in [7, 11) is 0. The highest BCUT2D eigenvalue weighted by Gasteiger charge is 2.14. The lowest BCUT2D eigenvalue weighted by Gasteiger charge is -2.06. The summed E-state index contributed by atoms with van der Waals surface area (Å²) >= 11 is 7.05. The van der Waals surface area contributed by atoms with Gasteiger partial charge in [0.1, 0.15) is 5.82 Å². The average Bonchev–Trinajstić information content (AvgIpc) is 2.94. The Morgan fingerprint density at radius 1 is 1.17 bits per heavy atom. The van der Waals surface area contributed by atoms with Crippen molar-refractivity contribution in [2.75, 3.05) is 5.32 Å². The van der Waals surface area contributed by atoms with Crippen molar-refractivity contribution in [1.29, 1.82) is 0 Å². The van der Waals surface area contributed by atoms with Crippen LogP contribution in [0.2, 0.25) is 5.02 Å². The molecule has 0 atom stereocenters. The number of nitrogens with two attached hydrogens (primary N) is 1. The zero-order valence-corrected chi connectivity index (χ0v) is 13.2. The largest absolute Gasteiger partial charge is 0.366 e. The molecule has 1 heterocycles. The lowest BCUT2D eigenvalue weighted by molar-refractivity contribution is 0.0996. The van der Waals surface area contributed by atoms with Crippen molar-refractivity contribution in [3.05, 3.63) is 63.7 Å². The summed E-state index contributed by atoms with van der Waals surface area (Å²) in [4.78, 5) is 23.9. The molecule has 0 bridgehead atoms. The molecule has 0 unspecified atom stereocenters. The Hall–Kier alpha value is -2.44. The molecule has 23 heavy (non-hydrogen) atoms. The molecule has 0 aliphatic rings. The van der Waals surface area contributed by atoms with Crippen LogP contribution in [-0.4, -0.2) is 11.8 Å². The Balaban J connectivity index is 1.90. The molecule has 2 aromatic carbocycles. The van der Waals surface area contributed by atoms with Crippen LogP contribution in [0.1, 0.15) is 20.0 Å². The molecule has 0 aliphatic heterocycles. The van der Waals surface area contributed by atoms with E-state index >= 15 is 0 Å². The molecule has 0 aliphatic carbocycles. The molecule has 0 spiro atoms. The monoisotopic (exact) mass is 348 g/mol. The van der Waals surface area contributed by atoms with Gasteiger partial charge in [-0.2, -0.15) is 0 Å². The fraction of sp³-hybridized carbons (Fsp3) is 0. The topological polar surface area (TPSA) is 72.2 Å². The van der Waals surface area contributed by atoms with Crippen LogP contribution in [0, 0.1) is 5.82 Å². The first-order valence-corrected chi connectivity index (χ1v) is 7.74. The number of benzene rings is 2. The number of carbonyl (C=O) groups excluding carboxylic acids is 2. The van der Waals surface area contributed by atoms with Crippen molar-refractivity contribution in [3.8, 4) is 0 Å². The Morgan fingerprint density at radius 2 is 1.96 bits per heavy atom. The average molecular weight is 349 g/mol. The Bertz CT molecular complexity index is 939. The van der Waals surface area contributed by atoms with Crippen molar-refractivity contribution in [1.82, 2.24) is 0 Å². The van der Waals surface area contributed by atoms with Crippen molar-refractivity contribution in [2.45, 2.75) is 0 Å². The van der Waals surface area contributed by atoms with Crippen molar-refractivity contribution in [2.24, 2.45) is 5.73 Å². The summed E-state index contributed by atoms with van der Waals surface area (Å²) in [6.07, 6.45) is 0. The quantitative estimate of drug-likeness (QED) is 0.749. The fourth-order valence-electron chi connectivity index (χ4n) is 2.12. The summed E-state index contributed by atoms with van der Waals surface area (Å²) < 4.78 is 14.4. The van der Waals surface area contributed by atoms with Gasteiger partial charge in [-0.05, 0) is 36.4 Å². The van der Waals surface area contributed by atoms with Gasteiger partial charge in [0, 0.05) is 15.8 Å². The maximum atomic E-state index is 13.7. The van der Waals surface area contributed by atoms with Gasteiger partial charge in [0.15, 0.2) is 0 Å². The Morgan fingerprint density at radius 3 is 2.65 bits per heavy atom. The minimum absolute atomic E-state index is 0.117. The van der Waals surface area contributed by atoms with Crippen LogP contribution in [0.25, 0.3) is 10.1 Å². The van der Waals surface area contributed by atoms with E-state index in [0.29, 0.717) is 20.7 Å². The zero-order valence-electron chi connectivity index (χ0n) is 11.6. The van der Waals surface area contributed by atoms with E-state index in [-0.39, 0.29) is 16.4 Å². The number of anilines is 1. The molecule has 3 N–H and O–H groups in total. The Kier molecular flexibility index (Phi) is 4.02. The standard InChI is InChI=1S/C16H10ClFN2O2S/c17-11-5-4-8(6-9(11)15(19)21)20-16(22)14-7-10-12(18)2-1-3-13(10)23-14/h1-7H,(H2,19,21)(H,20,22).